The zero-order valence-electron chi connectivity index (χ0n) is 11.9. The SMILES string of the molecule is CN(CCc1ccncc1)c1ncnc2ccc(N)cc12. The smallest absolute Gasteiger partial charge is 0.139 e. The van der Waals surface area contributed by atoms with Crippen molar-refractivity contribution in [2.75, 3.05) is 24.2 Å². The molecule has 0 spiro atoms. The first-order chi connectivity index (χ1) is 10.2. The van der Waals surface area contributed by atoms with Crippen LogP contribution >= 0.6 is 0 Å². The van der Waals surface area contributed by atoms with Gasteiger partial charge in [0.1, 0.15) is 12.1 Å². The van der Waals surface area contributed by atoms with Crippen LogP contribution in [-0.4, -0.2) is 28.5 Å². The molecule has 5 heteroatoms. The van der Waals surface area contributed by atoms with Crippen molar-refractivity contribution >= 4 is 22.4 Å². The molecular weight excluding hydrogens is 262 g/mol. The molecule has 0 fully saturated rings. The van der Waals surface area contributed by atoms with Crippen molar-refractivity contribution in [2.24, 2.45) is 0 Å². The van der Waals surface area contributed by atoms with Crippen LogP contribution in [0, 0.1) is 0 Å². The van der Waals surface area contributed by atoms with Gasteiger partial charge in [-0.15, -0.1) is 0 Å². The van der Waals surface area contributed by atoms with Gasteiger partial charge in [0.2, 0.25) is 0 Å². The van der Waals surface area contributed by atoms with Crippen molar-refractivity contribution in [3.05, 3.63) is 54.6 Å². The van der Waals surface area contributed by atoms with Crippen molar-refractivity contribution in [2.45, 2.75) is 6.42 Å². The average molecular weight is 279 g/mol. The van der Waals surface area contributed by atoms with Gasteiger partial charge in [-0.2, -0.15) is 0 Å². The second-order valence-electron chi connectivity index (χ2n) is 5.00. The fourth-order valence-electron chi connectivity index (χ4n) is 2.32. The van der Waals surface area contributed by atoms with Crippen molar-refractivity contribution in [1.82, 2.24) is 15.0 Å². The normalized spacial score (nSPS) is 10.7. The topological polar surface area (TPSA) is 67.9 Å². The van der Waals surface area contributed by atoms with Crippen LogP contribution in [0.2, 0.25) is 0 Å². The lowest BCUT2D eigenvalue weighted by Crippen LogP contribution is -2.21. The van der Waals surface area contributed by atoms with Crippen molar-refractivity contribution in [3.8, 4) is 0 Å². The first-order valence-electron chi connectivity index (χ1n) is 6.84. The van der Waals surface area contributed by atoms with Crippen molar-refractivity contribution < 1.29 is 0 Å². The summed E-state index contributed by atoms with van der Waals surface area (Å²) in [5.41, 5.74) is 8.77. The molecule has 0 amide bonds. The highest BCUT2D eigenvalue weighted by atomic mass is 15.2. The van der Waals surface area contributed by atoms with Gasteiger partial charge in [0.05, 0.1) is 5.52 Å². The molecule has 0 aliphatic carbocycles. The van der Waals surface area contributed by atoms with Crippen LogP contribution in [0.4, 0.5) is 11.5 Å². The second kappa shape index (κ2) is 5.75. The number of nitrogens with zero attached hydrogens (tertiary/aromatic N) is 4. The van der Waals surface area contributed by atoms with Gasteiger partial charge >= 0.3 is 0 Å². The Balaban J connectivity index is 1.84. The van der Waals surface area contributed by atoms with E-state index in [0.717, 1.165) is 35.4 Å². The highest BCUT2D eigenvalue weighted by Gasteiger charge is 2.09. The minimum atomic E-state index is 0.723. The number of hydrogen-bond acceptors (Lipinski definition) is 5. The number of hydrogen-bond donors (Lipinski definition) is 1. The lowest BCUT2D eigenvalue weighted by Gasteiger charge is -2.19. The first kappa shape index (κ1) is 13.3. The van der Waals surface area contributed by atoms with E-state index in [9.17, 15) is 0 Å². The fourth-order valence-corrected chi connectivity index (χ4v) is 2.32. The largest absolute Gasteiger partial charge is 0.399 e. The number of aromatic nitrogens is 3. The Morgan fingerprint density at radius 1 is 1.10 bits per heavy atom. The molecule has 1 aromatic carbocycles. The highest BCUT2D eigenvalue weighted by molar-refractivity contribution is 5.91. The molecule has 0 aliphatic rings. The predicted molar refractivity (Wildman–Crippen MR) is 85.2 cm³/mol. The van der Waals surface area contributed by atoms with Crippen LogP contribution in [0.25, 0.3) is 10.9 Å². The van der Waals surface area contributed by atoms with E-state index in [2.05, 4.69) is 19.9 Å². The van der Waals surface area contributed by atoms with E-state index in [1.165, 1.54) is 5.56 Å². The summed E-state index contributed by atoms with van der Waals surface area (Å²) in [6, 6.07) is 9.77. The minimum Gasteiger partial charge on any atom is -0.399 e. The quantitative estimate of drug-likeness (QED) is 0.742. The van der Waals surface area contributed by atoms with Gasteiger partial charge in [0.15, 0.2) is 0 Å². The summed E-state index contributed by atoms with van der Waals surface area (Å²) in [5, 5.41) is 0.981. The number of fused-ring (bicyclic) bond motifs is 1. The molecular formula is C16H17N5. The Labute approximate surface area is 123 Å². The van der Waals surface area contributed by atoms with E-state index in [4.69, 9.17) is 5.73 Å². The molecule has 3 rings (SSSR count). The molecule has 106 valence electrons. The summed E-state index contributed by atoms with van der Waals surface area (Å²) in [7, 11) is 2.03. The Hall–Kier alpha value is -2.69. The maximum absolute atomic E-state index is 5.88. The summed E-state index contributed by atoms with van der Waals surface area (Å²) in [6.45, 7) is 0.866. The molecule has 0 saturated carbocycles. The van der Waals surface area contributed by atoms with Crippen LogP contribution in [-0.2, 0) is 6.42 Å². The van der Waals surface area contributed by atoms with Gasteiger partial charge < -0.3 is 10.6 Å². The molecule has 2 N–H and O–H groups in total. The monoisotopic (exact) mass is 279 g/mol. The first-order valence-corrected chi connectivity index (χ1v) is 6.84. The molecule has 0 aliphatic heterocycles. The number of nitrogens with two attached hydrogens (primary N) is 1. The van der Waals surface area contributed by atoms with Gasteiger partial charge in [0.25, 0.3) is 0 Å². The fraction of sp³-hybridized carbons (Fsp3) is 0.188. The summed E-state index contributed by atoms with van der Waals surface area (Å²) in [6.07, 6.45) is 6.16. The van der Waals surface area contributed by atoms with E-state index in [1.54, 1.807) is 6.33 Å². The van der Waals surface area contributed by atoms with Crippen molar-refractivity contribution in [3.63, 3.8) is 0 Å². The predicted octanol–water partition coefficient (Wildman–Crippen LogP) is 2.29. The van der Waals surface area contributed by atoms with E-state index < -0.39 is 0 Å². The zero-order valence-corrected chi connectivity index (χ0v) is 11.9. The molecule has 0 bridgehead atoms. The lowest BCUT2D eigenvalue weighted by molar-refractivity contribution is 0.860. The Morgan fingerprint density at radius 2 is 1.90 bits per heavy atom. The van der Waals surface area contributed by atoms with Crippen LogP contribution in [0.5, 0.6) is 0 Å². The van der Waals surface area contributed by atoms with Gasteiger partial charge in [-0.1, -0.05) is 0 Å². The third kappa shape index (κ3) is 2.91. The third-order valence-corrected chi connectivity index (χ3v) is 3.49. The zero-order chi connectivity index (χ0) is 14.7. The van der Waals surface area contributed by atoms with Gasteiger partial charge in [-0.25, -0.2) is 9.97 Å². The maximum atomic E-state index is 5.88. The second-order valence-corrected chi connectivity index (χ2v) is 5.00. The van der Waals surface area contributed by atoms with Crippen molar-refractivity contribution in [1.29, 1.82) is 0 Å². The van der Waals surface area contributed by atoms with E-state index in [1.807, 2.05) is 49.8 Å². The van der Waals surface area contributed by atoms with Crippen LogP contribution in [0.1, 0.15) is 5.56 Å². The molecule has 21 heavy (non-hydrogen) atoms. The highest BCUT2D eigenvalue weighted by Crippen LogP contribution is 2.24. The Morgan fingerprint density at radius 3 is 2.71 bits per heavy atom. The maximum Gasteiger partial charge on any atom is 0.139 e. The molecule has 2 aromatic heterocycles. The number of benzene rings is 1. The van der Waals surface area contributed by atoms with Gasteiger partial charge in [-0.05, 0) is 42.3 Å². The third-order valence-electron chi connectivity index (χ3n) is 3.49. The lowest BCUT2D eigenvalue weighted by atomic mass is 10.1. The number of anilines is 2. The molecule has 0 unspecified atom stereocenters. The summed E-state index contributed by atoms with van der Waals surface area (Å²) in [5.74, 6) is 0.904. The minimum absolute atomic E-state index is 0.723. The number of rotatable bonds is 4. The van der Waals surface area contributed by atoms with E-state index in [0.29, 0.717) is 0 Å². The molecule has 2 heterocycles. The average Bonchev–Trinajstić information content (AvgIpc) is 2.53. The Kier molecular flexibility index (Phi) is 3.64. The van der Waals surface area contributed by atoms with Crippen LogP contribution in [0.3, 0.4) is 0 Å². The summed E-state index contributed by atoms with van der Waals surface area (Å²) in [4.78, 5) is 14.9. The Bertz CT molecular complexity index is 742. The molecule has 3 aromatic rings. The van der Waals surface area contributed by atoms with Crippen LogP contribution < -0.4 is 10.6 Å². The number of pyridine rings is 1. The molecule has 5 nitrogen and oxygen atoms in total. The van der Waals surface area contributed by atoms with Gasteiger partial charge in [-0.3, -0.25) is 4.98 Å². The molecule has 0 saturated heterocycles. The van der Waals surface area contributed by atoms with E-state index >= 15 is 0 Å². The molecule has 0 atom stereocenters. The van der Waals surface area contributed by atoms with Gasteiger partial charge in [0, 0.05) is 37.1 Å². The number of likely N-dealkylation sites (N-methyl/N-ethyl adjacent to an activating group) is 1. The summed E-state index contributed by atoms with van der Waals surface area (Å²) >= 11 is 0. The van der Waals surface area contributed by atoms with E-state index in [-0.39, 0.29) is 0 Å². The standard InChI is InChI=1S/C16H17N5/c1-21(9-6-12-4-7-18-8-5-12)16-14-10-13(17)2-3-15(14)19-11-20-16/h2-5,7-8,10-11H,6,9,17H2,1H3. The summed E-state index contributed by atoms with van der Waals surface area (Å²) < 4.78 is 0. The van der Waals surface area contributed by atoms with Crippen LogP contribution in [0.15, 0.2) is 49.1 Å². The number of nitrogen functional groups attached to an aromatic ring is 1. The molecule has 0 radical (unpaired) electrons.